The summed E-state index contributed by atoms with van der Waals surface area (Å²) in [5, 5.41) is 2.84. The number of nitrogens with zero attached hydrogens (tertiary/aromatic N) is 3. The molecule has 7 heteroatoms. The summed E-state index contributed by atoms with van der Waals surface area (Å²) in [5.74, 6) is 0.766. The Balaban J connectivity index is 0.000000408. The number of aromatic nitrogens is 1. The third kappa shape index (κ3) is 3.39. The zero-order valence-corrected chi connectivity index (χ0v) is 11.5. The predicted octanol–water partition coefficient (Wildman–Crippen LogP) is 1.52. The fraction of sp³-hybridized carbons (Fsp3) is 0.583. The summed E-state index contributed by atoms with van der Waals surface area (Å²) < 4.78 is 0. The maximum absolute atomic E-state index is 12.1. The number of anilines is 1. The van der Waals surface area contributed by atoms with Gasteiger partial charge in [0.05, 0.1) is 5.69 Å². The normalized spacial score (nSPS) is 18.1. The van der Waals surface area contributed by atoms with E-state index in [4.69, 9.17) is 9.59 Å². The van der Waals surface area contributed by atoms with E-state index in [1.807, 2.05) is 17.2 Å². The molecule has 2 aliphatic rings. The van der Waals surface area contributed by atoms with E-state index in [9.17, 15) is 4.79 Å². The van der Waals surface area contributed by atoms with Crippen molar-refractivity contribution >= 4 is 28.7 Å². The van der Waals surface area contributed by atoms with E-state index in [2.05, 4.69) is 4.98 Å². The summed E-state index contributed by atoms with van der Waals surface area (Å²) in [6.07, 6.45) is 2.83. The smallest absolute Gasteiger partial charge is 0.322 e. The van der Waals surface area contributed by atoms with Crippen molar-refractivity contribution in [3.8, 4) is 0 Å². The Kier molecular flexibility index (Phi) is 4.29. The minimum Gasteiger partial charge on any atom is -0.322 e. The maximum Gasteiger partial charge on any atom is 0.373 e. The summed E-state index contributed by atoms with van der Waals surface area (Å²) in [4.78, 5) is 36.5. The lowest BCUT2D eigenvalue weighted by molar-refractivity contribution is -0.191. The molecule has 3 rings (SSSR count). The van der Waals surface area contributed by atoms with Crippen molar-refractivity contribution in [3.63, 3.8) is 0 Å². The number of urea groups is 1. The second kappa shape index (κ2) is 5.95. The van der Waals surface area contributed by atoms with E-state index < -0.39 is 0 Å². The van der Waals surface area contributed by atoms with E-state index in [-0.39, 0.29) is 12.2 Å². The van der Waals surface area contributed by atoms with Gasteiger partial charge in [-0.05, 0) is 25.7 Å². The van der Waals surface area contributed by atoms with Crippen molar-refractivity contribution in [1.82, 2.24) is 9.88 Å². The minimum absolute atomic E-state index is 0.140. The first-order valence-corrected chi connectivity index (χ1v) is 7.01. The average molecular weight is 281 g/mol. The van der Waals surface area contributed by atoms with Crippen molar-refractivity contribution < 1.29 is 14.4 Å². The van der Waals surface area contributed by atoms with Gasteiger partial charge in [-0.2, -0.15) is 9.59 Å². The van der Waals surface area contributed by atoms with Crippen molar-refractivity contribution in [1.29, 1.82) is 0 Å². The van der Waals surface area contributed by atoms with E-state index in [0.717, 1.165) is 36.4 Å². The van der Waals surface area contributed by atoms with Crippen LogP contribution in [0.5, 0.6) is 0 Å². The number of rotatable bonds is 3. The van der Waals surface area contributed by atoms with Crippen LogP contribution in [0, 0.1) is 12.8 Å². The first-order valence-electron chi connectivity index (χ1n) is 6.13. The molecule has 0 aromatic carbocycles. The highest BCUT2D eigenvalue weighted by Crippen LogP contribution is 2.32. The van der Waals surface area contributed by atoms with E-state index >= 15 is 0 Å². The minimum atomic E-state index is 0.140. The molecule has 1 aliphatic heterocycles. The van der Waals surface area contributed by atoms with Gasteiger partial charge in [0.2, 0.25) is 0 Å². The van der Waals surface area contributed by atoms with Gasteiger partial charge < -0.3 is 4.90 Å². The highest BCUT2D eigenvalue weighted by atomic mass is 32.1. The topological polar surface area (TPSA) is 70.6 Å². The van der Waals surface area contributed by atoms with Crippen LogP contribution < -0.4 is 4.90 Å². The first kappa shape index (κ1) is 13.7. The summed E-state index contributed by atoms with van der Waals surface area (Å²) in [6.45, 7) is 4.55. The quantitative estimate of drug-likeness (QED) is 0.842. The molecular weight excluding hydrogens is 266 g/mol. The molecule has 1 aliphatic carbocycles. The zero-order valence-electron chi connectivity index (χ0n) is 10.7. The Morgan fingerprint density at radius 2 is 2.11 bits per heavy atom. The lowest BCUT2D eigenvalue weighted by Gasteiger charge is -2.16. The number of carbonyl (C=O) groups excluding carboxylic acids is 3. The number of hydrogen-bond donors (Lipinski definition) is 0. The average Bonchev–Trinajstić information content (AvgIpc) is 2.98. The largest absolute Gasteiger partial charge is 0.373 e. The molecule has 1 saturated heterocycles. The van der Waals surface area contributed by atoms with E-state index in [0.29, 0.717) is 0 Å². The number of carbonyl (C=O) groups is 1. The summed E-state index contributed by atoms with van der Waals surface area (Å²) >= 11 is 1.55. The van der Waals surface area contributed by atoms with Gasteiger partial charge in [-0.3, -0.25) is 4.90 Å². The Bertz CT molecular complexity index is 492. The molecule has 0 radical (unpaired) electrons. The van der Waals surface area contributed by atoms with Crippen LogP contribution in [0.25, 0.3) is 0 Å². The Labute approximate surface area is 115 Å². The molecule has 19 heavy (non-hydrogen) atoms. The molecule has 0 N–H and O–H groups in total. The summed E-state index contributed by atoms with van der Waals surface area (Å²) in [5.41, 5.74) is 0.994. The van der Waals surface area contributed by atoms with Crippen molar-refractivity contribution in [2.45, 2.75) is 19.8 Å². The SMILES string of the molecule is Cc1csc(N2CCN(CC3CC3)C2=O)n1.O=C=O. The van der Waals surface area contributed by atoms with Crippen LogP contribution in [-0.2, 0) is 9.59 Å². The molecule has 6 nitrogen and oxygen atoms in total. The fourth-order valence-corrected chi connectivity index (χ4v) is 2.83. The zero-order chi connectivity index (χ0) is 13.8. The third-order valence-corrected chi connectivity index (χ3v) is 4.09. The number of aryl methyl sites for hydroxylation is 1. The van der Waals surface area contributed by atoms with Gasteiger partial charge >= 0.3 is 12.2 Å². The predicted molar refractivity (Wildman–Crippen MR) is 68.9 cm³/mol. The molecule has 102 valence electrons. The second-order valence-electron chi connectivity index (χ2n) is 4.68. The van der Waals surface area contributed by atoms with Crippen LogP contribution in [0.1, 0.15) is 18.5 Å². The third-order valence-electron chi connectivity index (χ3n) is 3.11. The lowest BCUT2D eigenvalue weighted by atomic mass is 10.4. The molecule has 0 bridgehead atoms. The highest BCUT2D eigenvalue weighted by molar-refractivity contribution is 7.14. The standard InChI is InChI=1S/C11H15N3OS.CO2/c1-8-7-16-10(12-8)14-5-4-13(11(14)15)6-9-2-3-9;2-1-3/h7,9H,2-6H2,1H3;. The van der Waals surface area contributed by atoms with Gasteiger partial charge in [-0.15, -0.1) is 11.3 Å². The second-order valence-corrected chi connectivity index (χ2v) is 5.51. The highest BCUT2D eigenvalue weighted by Gasteiger charge is 2.34. The van der Waals surface area contributed by atoms with Crippen molar-refractivity contribution in [2.75, 3.05) is 24.5 Å². The number of thiazole rings is 1. The van der Waals surface area contributed by atoms with E-state index in [1.54, 1.807) is 16.2 Å². The van der Waals surface area contributed by atoms with Crippen molar-refractivity contribution in [2.24, 2.45) is 5.92 Å². The molecule has 2 heterocycles. The Morgan fingerprint density at radius 3 is 2.63 bits per heavy atom. The molecule has 1 saturated carbocycles. The Morgan fingerprint density at radius 1 is 1.42 bits per heavy atom. The van der Waals surface area contributed by atoms with Gasteiger partial charge in [0, 0.05) is 25.0 Å². The van der Waals surface area contributed by atoms with Crippen LogP contribution in [0.4, 0.5) is 9.93 Å². The van der Waals surface area contributed by atoms with Crippen LogP contribution >= 0.6 is 11.3 Å². The molecule has 2 amide bonds. The lowest BCUT2D eigenvalue weighted by Crippen LogP contribution is -2.33. The van der Waals surface area contributed by atoms with Gasteiger partial charge in [0.1, 0.15) is 0 Å². The molecule has 1 aromatic rings. The number of hydrogen-bond acceptors (Lipinski definition) is 5. The van der Waals surface area contributed by atoms with Gasteiger partial charge in [0.15, 0.2) is 5.13 Å². The monoisotopic (exact) mass is 281 g/mol. The van der Waals surface area contributed by atoms with Gasteiger partial charge in [-0.25, -0.2) is 9.78 Å². The van der Waals surface area contributed by atoms with Gasteiger partial charge in [-0.1, -0.05) is 0 Å². The molecule has 1 aromatic heterocycles. The first-order chi connectivity index (χ1) is 9.15. The van der Waals surface area contributed by atoms with Crippen LogP contribution in [-0.4, -0.2) is 41.7 Å². The number of amides is 2. The molecule has 2 fully saturated rings. The molecular formula is C12H15N3O3S. The van der Waals surface area contributed by atoms with Crippen LogP contribution in [0.2, 0.25) is 0 Å². The Hall–Kier alpha value is -1.72. The molecule has 0 unspecified atom stereocenters. The molecule has 0 atom stereocenters. The summed E-state index contributed by atoms with van der Waals surface area (Å²) in [7, 11) is 0. The van der Waals surface area contributed by atoms with Crippen molar-refractivity contribution in [3.05, 3.63) is 11.1 Å². The maximum atomic E-state index is 12.1. The van der Waals surface area contributed by atoms with Crippen LogP contribution in [0.3, 0.4) is 0 Å². The fourth-order valence-electron chi connectivity index (χ4n) is 2.01. The van der Waals surface area contributed by atoms with E-state index in [1.165, 1.54) is 12.8 Å². The van der Waals surface area contributed by atoms with Crippen LogP contribution in [0.15, 0.2) is 5.38 Å². The summed E-state index contributed by atoms with van der Waals surface area (Å²) in [6, 6.07) is 0.140. The van der Waals surface area contributed by atoms with Gasteiger partial charge in [0.25, 0.3) is 0 Å². The molecule has 0 spiro atoms.